The van der Waals surface area contributed by atoms with E-state index in [2.05, 4.69) is 26.8 Å². The van der Waals surface area contributed by atoms with E-state index in [-0.39, 0.29) is 0 Å². The van der Waals surface area contributed by atoms with Crippen LogP contribution in [0.3, 0.4) is 0 Å². The number of imidazole rings is 1. The molecule has 2 fully saturated rings. The minimum Gasteiger partial charge on any atom is -0.337 e. The topological polar surface area (TPSA) is 33.1 Å². The minimum absolute atomic E-state index is 0.857. The molecule has 2 aliphatic rings. The Morgan fingerprint density at radius 3 is 2.67 bits per heavy atom. The van der Waals surface area contributed by atoms with E-state index >= 15 is 0 Å². The van der Waals surface area contributed by atoms with Gasteiger partial charge in [-0.05, 0) is 51.2 Å². The molecule has 100 valence electrons. The van der Waals surface area contributed by atoms with Gasteiger partial charge in [0.25, 0.3) is 0 Å². The van der Waals surface area contributed by atoms with Gasteiger partial charge < -0.3 is 9.88 Å². The quantitative estimate of drug-likeness (QED) is 0.854. The zero-order valence-electron chi connectivity index (χ0n) is 11.3. The SMILES string of the molecule is Cn1ccnc1CN1CCC(CNC2CC2)CC1. The molecule has 1 aromatic rings. The number of hydrogen-bond donors (Lipinski definition) is 1. The maximum absolute atomic E-state index is 4.41. The van der Waals surface area contributed by atoms with Gasteiger partial charge in [0.2, 0.25) is 0 Å². The van der Waals surface area contributed by atoms with Gasteiger partial charge in [-0.3, -0.25) is 4.90 Å². The van der Waals surface area contributed by atoms with Crippen LogP contribution in [0.5, 0.6) is 0 Å². The third kappa shape index (κ3) is 3.12. The van der Waals surface area contributed by atoms with Gasteiger partial charge in [0.05, 0.1) is 6.54 Å². The summed E-state index contributed by atoms with van der Waals surface area (Å²) in [5, 5.41) is 3.66. The first-order valence-electron chi connectivity index (χ1n) is 7.23. The fourth-order valence-corrected chi connectivity index (χ4v) is 2.72. The molecule has 0 spiro atoms. The van der Waals surface area contributed by atoms with E-state index in [0.29, 0.717) is 0 Å². The predicted molar refractivity (Wildman–Crippen MR) is 72.2 cm³/mol. The summed E-state index contributed by atoms with van der Waals surface area (Å²) in [7, 11) is 2.08. The van der Waals surface area contributed by atoms with Crippen molar-refractivity contribution >= 4 is 0 Å². The molecule has 0 atom stereocenters. The first kappa shape index (κ1) is 12.2. The first-order chi connectivity index (χ1) is 8.81. The second-order valence-corrected chi connectivity index (χ2v) is 5.86. The second-order valence-electron chi connectivity index (χ2n) is 5.86. The molecule has 0 amide bonds. The molecule has 1 aromatic heterocycles. The molecular weight excluding hydrogens is 224 g/mol. The number of aromatic nitrogens is 2. The van der Waals surface area contributed by atoms with Gasteiger partial charge in [-0.2, -0.15) is 0 Å². The molecule has 0 radical (unpaired) electrons. The van der Waals surface area contributed by atoms with Crippen LogP contribution in [-0.2, 0) is 13.6 Å². The Kier molecular flexibility index (Phi) is 3.66. The average molecular weight is 248 g/mol. The summed E-state index contributed by atoms with van der Waals surface area (Å²) in [6, 6.07) is 0.857. The van der Waals surface area contributed by atoms with E-state index in [4.69, 9.17) is 0 Å². The number of aryl methyl sites for hydroxylation is 1. The van der Waals surface area contributed by atoms with Crippen molar-refractivity contribution in [2.45, 2.75) is 38.3 Å². The molecule has 1 N–H and O–H groups in total. The van der Waals surface area contributed by atoms with Crippen LogP contribution in [-0.4, -0.2) is 40.1 Å². The number of nitrogens with one attached hydrogen (secondary N) is 1. The molecule has 0 aromatic carbocycles. The van der Waals surface area contributed by atoms with Crippen molar-refractivity contribution in [3.05, 3.63) is 18.2 Å². The van der Waals surface area contributed by atoms with E-state index in [0.717, 1.165) is 18.5 Å². The smallest absolute Gasteiger partial charge is 0.122 e. The van der Waals surface area contributed by atoms with Crippen molar-refractivity contribution in [3.8, 4) is 0 Å². The molecule has 2 heterocycles. The Morgan fingerprint density at radius 2 is 2.06 bits per heavy atom. The van der Waals surface area contributed by atoms with Gasteiger partial charge in [-0.15, -0.1) is 0 Å². The average Bonchev–Trinajstić information content (AvgIpc) is 3.13. The van der Waals surface area contributed by atoms with E-state index in [9.17, 15) is 0 Å². The summed E-state index contributed by atoms with van der Waals surface area (Å²) in [6.45, 7) is 4.70. The zero-order valence-corrected chi connectivity index (χ0v) is 11.3. The summed E-state index contributed by atoms with van der Waals surface area (Å²) >= 11 is 0. The molecular formula is C14H24N4. The predicted octanol–water partition coefficient (Wildman–Crippen LogP) is 1.38. The van der Waals surface area contributed by atoms with Crippen LogP contribution in [0, 0.1) is 5.92 Å². The zero-order chi connectivity index (χ0) is 12.4. The Morgan fingerprint density at radius 1 is 1.28 bits per heavy atom. The van der Waals surface area contributed by atoms with Crippen LogP contribution in [0.4, 0.5) is 0 Å². The van der Waals surface area contributed by atoms with Crippen LogP contribution in [0.25, 0.3) is 0 Å². The standard InChI is InChI=1S/C14H24N4/c1-17-9-6-15-14(17)11-18-7-4-12(5-8-18)10-16-13-2-3-13/h6,9,12-13,16H,2-5,7-8,10-11H2,1H3. The second kappa shape index (κ2) is 5.41. The molecule has 0 bridgehead atoms. The van der Waals surface area contributed by atoms with Crippen LogP contribution >= 0.6 is 0 Å². The highest BCUT2D eigenvalue weighted by Crippen LogP contribution is 2.22. The number of likely N-dealkylation sites (tertiary alicyclic amines) is 1. The number of nitrogens with zero attached hydrogens (tertiary/aromatic N) is 3. The fraction of sp³-hybridized carbons (Fsp3) is 0.786. The van der Waals surface area contributed by atoms with Gasteiger partial charge in [0.1, 0.15) is 5.82 Å². The molecule has 18 heavy (non-hydrogen) atoms. The van der Waals surface area contributed by atoms with E-state index in [1.807, 2.05) is 12.4 Å². The highest BCUT2D eigenvalue weighted by molar-refractivity contribution is 4.92. The lowest BCUT2D eigenvalue weighted by Gasteiger charge is -2.31. The Bertz CT molecular complexity index is 375. The molecule has 4 heteroatoms. The summed E-state index contributed by atoms with van der Waals surface area (Å²) < 4.78 is 2.13. The molecule has 4 nitrogen and oxygen atoms in total. The molecule has 1 aliphatic heterocycles. The van der Waals surface area contributed by atoms with Gasteiger partial charge >= 0.3 is 0 Å². The van der Waals surface area contributed by atoms with Gasteiger partial charge in [-0.1, -0.05) is 0 Å². The van der Waals surface area contributed by atoms with Crippen LogP contribution in [0.1, 0.15) is 31.5 Å². The summed E-state index contributed by atoms with van der Waals surface area (Å²) in [4.78, 5) is 6.94. The van der Waals surface area contributed by atoms with Crippen molar-refractivity contribution in [3.63, 3.8) is 0 Å². The summed E-state index contributed by atoms with van der Waals surface area (Å²) in [6.07, 6.45) is 9.40. The lowest BCUT2D eigenvalue weighted by Crippen LogP contribution is -2.37. The monoisotopic (exact) mass is 248 g/mol. The molecule has 1 saturated carbocycles. The third-order valence-corrected chi connectivity index (χ3v) is 4.27. The summed E-state index contributed by atoms with van der Waals surface area (Å²) in [5.41, 5.74) is 0. The lowest BCUT2D eigenvalue weighted by atomic mass is 9.97. The fourth-order valence-electron chi connectivity index (χ4n) is 2.72. The molecule has 1 saturated heterocycles. The molecule has 3 rings (SSSR count). The van der Waals surface area contributed by atoms with Crippen molar-refractivity contribution in [2.24, 2.45) is 13.0 Å². The maximum Gasteiger partial charge on any atom is 0.122 e. The van der Waals surface area contributed by atoms with Crippen molar-refractivity contribution in [1.82, 2.24) is 19.8 Å². The normalized spacial score (nSPS) is 22.5. The number of piperidine rings is 1. The van der Waals surface area contributed by atoms with Crippen LogP contribution in [0.15, 0.2) is 12.4 Å². The minimum atomic E-state index is 0.857. The number of rotatable bonds is 5. The Labute approximate surface area is 109 Å². The van der Waals surface area contributed by atoms with Gasteiger partial charge in [0.15, 0.2) is 0 Å². The highest BCUT2D eigenvalue weighted by atomic mass is 15.2. The van der Waals surface area contributed by atoms with E-state index in [1.165, 1.54) is 51.1 Å². The largest absolute Gasteiger partial charge is 0.337 e. The van der Waals surface area contributed by atoms with Crippen LogP contribution < -0.4 is 5.32 Å². The highest BCUT2D eigenvalue weighted by Gasteiger charge is 2.24. The van der Waals surface area contributed by atoms with E-state index in [1.54, 1.807) is 0 Å². The maximum atomic E-state index is 4.41. The Hall–Kier alpha value is -0.870. The van der Waals surface area contributed by atoms with Crippen molar-refractivity contribution in [1.29, 1.82) is 0 Å². The first-order valence-corrected chi connectivity index (χ1v) is 7.23. The van der Waals surface area contributed by atoms with Crippen molar-refractivity contribution < 1.29 is 0 Å². The van der Waals surface area contributed by atoms with Gasteiger partial charge in [0, 0.05) is 25.5 Å². The number of hydrogen-bond acceptors (Lipinski definition) is 3. The molecule has 0 unspecified atom stereocenters. The lowest BCUT2D eigenvalue weighted by molar-refractivity contribution is 0.170. The van der Waals surface area contributed by atoms with Crippen molar-refractivity contribution in [2.75, 3.05) is 19.6 Å². The van der Waals surface area contributed by atoms with Gasteiger partial charge in [-0.25, -0.2) is 4.98 Å². The van der Waals surface area contributed by atoms with Crippen LogP contribution in [0.2, 0.25) is 0 Å². The Balaban J connectivity index is 1.40. The van der Waals surface area contributed by atoms with E-state index < -0.39 is 0 Å². The molecule has 1 aliphatic carbocycles. The summed E-state index contributed by atoms with van der Waals surface area (Å²) in [5.74, 6) is 2.08. The third-order valence-electron chi connectivity index (χ3n) is 4.27.